The van der Waals surface area contributed by atoms with Gasteiger partial charge in [-0.05, 0) is 133 Å². The number of carbonyl (C=O) groups excluding carboxylic acids is 3. The van der Waals surface area contributed by atoms with Gasteiger partial charge in [-0.2, -0.15) is 16.0 Å². The van der Waals surface area contributed by atoms with E-state index in [1.807, 2.05) is 43.3 Å². The van der Waals surface area contributed by atoms with Gasteiger partial charge in [0.1, 0.15) is 0 Å². The van der Waals surface area contributed by atoms with Crippen molar-refractivity contribution >= 4 is 83.0 Å². The van der Waals surface area contributed by atoms with Crippen LogP contribution >= 0.6 is 19.3 Å². The van der Waals surface area contributed by atoms with Crippen molar-refractivity contribution in [2.24, 2.45) is 10.2 Å². The number of ketones is 1. The first-order chi connectivity index (χ1) is 28.5. The minimum atomic E-state index is -3.52. The molecule has 0 spiro atoms. The molecule has 5 aromatic carbocycles. The Bertz CT molecular complexity index is 2320. The molecule has 0 aliphatic carbocycles. The summed E-state index contributed by atoms with van der Waals surface area (Å²) in [6.45, 7) is 4.56. The van der Waals surface area contributed by atoms with E-state index in [-0.39, 0.29) is 134 Å². The zero-order chi connectivity index (χ0) is 42.2. The maximum Gasteiger partial charge on any atom is 1.00 e. The van der Waals surface area contributed by atoms with Gasteiger partial charge < -0.3 is 51.4 Å². The molecule has 5 aromatic rings. The summed E-state index contributed by atoms with van der Waals surface area (Å²) in [6, 6.07) is 32.8. The van der Waals surface area contributed by atoms with Gasteiger partial charge in [0, 0.05) is 87.4 Å². The summed E-state index contributed by atoms with van der Waals surface area (Å²) in [5.74, 6) is 1.03. The molecule has 327 valence electrons. The van der Waals surface area contributed by atoms with Crippen LogP contribution in [0, 0.1) is 14.4 Å². The number of anilines is 2. The Kier molecular flexibility index (Phi) is 27.8. The first-order valence-corrected chi connectivity index (χ1v) is 22.7. The van der Waals surface area contributed by atoms with E-state index >= 15 is 0 Å². The average Bonchev–Trinajstić information content (AvgIpc) is 3.23. The standard InChI is InChI=1S/C45H51N6O5PS2.CH3.K.H2N.Y/c1-5-56-57(55,50-38-20-16-34(17-21-38)44(53)46-27-8-11-33-10-7-12-40-32(2)9-6-13-41(33)40)28-30-59-31-42(43(52)26-29-58)47-45(54)35-14-18-36(19-15-35)48-49-37-22-24-39(25-23-37)51(3)4;;;;/h6-7,9-10,12-25,28,30,42,58H,5,8,11,26-27,29,31H2,1-4H3,(H,46,53)(H,47,54)(H,50,55);1H3;;1H2;/q;-1;+1;-1;/p-1/b30-28-,49-48?;;;;. The number of nitrogens with two attached hydrogens (primary N) is 1. The number of azo groups is 1. The van der Waals surface area contributed by atoms with Crippen LogP contribution in [0.25, 0.3) is 16.9 Å². The maximum atomic E-state index is 13.8. The SMILES string of the molecule is CCOP(=O)(/C=C\SCC(NC(=O)c1ccc(N=Nc2ccc(N(C)C)cc2)cc1)C(=O)CC[S-])Nc1ccc(C(=O)NCCCc2cccc3c(C)cccc23)cc1.[CH3-].[K+].[NH2-].[Y]. The van der Waals surface area contributed by atoms with Crippen molar-refractivity contribution in [3.05, 3.63) is 156 Å². The Morgan fingerprint density at radius 2 is 1.44 bits per heavy atom. The number of nitrogens with one attached hydrogen (secondary N) is 3. The van der Waals surface area contributed by atoms with E-state index in [2.05, 4.69) is 69.3 Å². The third-order valence-electron chi connectivity index (χ3n) is 9.33. The summed E-state index contributed by atoms with van der Waals surface area (Å²) in [4.78, 5) is 41.0. The van der Waals surface area contributed by atoms with E-state index in [1.54, 1.807) is 60.9 Å². The summed E-state index contributed by atoms with van der Waals surface area (Å²) in [7, 11) is 0.408. The number of fused-ring (bicyclic) bond motifs is 1. The van der Waals surface area contributed by atoms with Crippen LogP contribution in [0.2, 0.25) is 0 Å². The Labute approximate surface area is 450 Å². The second kappa shape index (κ2) is 29.9. The Hall–Kier alpha value is -2.50. The number of nitrogens with zero attached hydrogens (tertiary/aromatic N) is 3. The number of benzene rings is 5. The second-order valence-electron chi connectivity index (χ2n) is 13.9. The van der Waals surface area contributed by atoms with Gasteiger partial charge in [0.15, 0.2) is 5.78 Å². The van der Waals surface area contributed by atoms with E-state index in [9.17, 15) is 18.9 Å². The molecule has 0 bridgehead atoms. The molecular weight excluding hydrogens is 954 g/mol. The fourth-order valence-electron chi connectivity index (χ4n) is 6.13. The zero-order valence-corrected chi connectivity index (χ0v) is 45.4. The molecule has 2 unspecified atom stereocenters. The molecule has 12 nitrogen and oxygen atoms in total. The molecule has 2 atom stereocenters. The third kappa shape index (κ3) is 18.4. The van der Waals surface area contributed by atoms with Crippen LogP contribution in [0.5, 0.6) is 0 Å². The van der Waals surface area contributed by atoms with Crippen molar-refractivity contribution in [3.8, 4) is 0 Å². The van der Waals surface area contributed by atoms with E-state index in [0.29, 0.717) is 34.7 Å². The van der Waals surface area contributed by atoms with Crippen LogP contribution in [-0.4, -0.2) is 62.4 Å². The van der Waals surface area contributed by atoms with Gasteiger partial charge in [-0.15, -0.1) is 11.8 Å². The number of Topliss-reactive ketones (excluding diaryl/α,β-unsaturated/α-hetero) is 1. The minimum absolute atomic E-state index is 0. The number of hydrogen-bond acceptors (Lipinski definition) is 10. The van der Waals surface area contributed by atoms with Crippen molar-refractivity contribution < 1.29 is 108 Å². The molecule has 0 saturated carbocycles. The van der Waals surface area contributed by atoms with Crippen molar-refractivity contribution in [2.75, 3.05) is 48.7 Å². The molecule has 17 heteroatoms. The Morgan fingerprint density at radius 1 is 0.857 bits per heavy atom. The Morgan fingerprint density at radius 3 is 2.06 bits per heavy atom. The van der Waals surface area contributed by atoms with Crippen LogP contribution in [0.1, 0.15) is 51.6 Å². The van der Waals surface area contributed by atoms with Crippen molar-refractivity contribution in [2.45, 2.75) is 39.2 Å². The van der Waals surface area contributed by atoms with Gasteiger partial charge in [0.25, 0.3) is 11.8 Å². The second-order valence-corrected chi connectivity index (χ2v) is 17.2. The number of rotatable bonds is 21. The van der Waals surface area contributed by atoms with Crippen LogP contribution in [0.4, 0.5) is 22.7 Å². The summed E-state index contributed by atoms with van der Waals surface area (Å²) in [5, 5.41) is 21.4. The topological polar surface area (TPSA) is 175 Å². The van der Waals surface area contributed by atoms with Gasteiger partial charge in [0.05, 0.1) is 24.0 Å². The van der Waals surface area contributed by atoms with Gasteiger partial charge in [-0.1, -0.05) is 36.4 Å². The van der Waals surface area contributed by atoms with Crippen LogP contribution in [0.3, 0.4) is 0 Å². The minimum Gasteiger partial charge on any atom is -0.792 e. The van der Waals surface area contributed by atoms with Crippen molar-refractivity contribution in [1.29, 1.82) is 0 Å². The van der Waals surface area contributed by atoms with Gasteiger partial charge in [0.2, 0.25) is 0 Å². The van der Waals surface area contributed by atoms with E-state index in [0.717, 1.165) is 18.5 Å². The quantitative estimate of drug-likeness (QED) is 0.0163. The molecule has 0 heterocycles. The number of aryl methyl sites for hydroxylation is 2. The summed E-state index contributed by atoms with van der Waals surface area (Å²) < 4.78 is 19.4. The number of thioether (sulfide) groups is 1. The van der Waals surface area contributed by atoms with E-state index < -0.39 is 19.5 Å². The van der Waals surface area contributed by atoms with Crippen LogP contribution < -0.4 is 72.0 Å². The largest absolute Gasteiger partial charge is 1.00 e. The van der Waals surface area contributed by atoms with Gasteiger partial charge in [-0.25, -0.2) is 0 Å². The fourth-order valence-corrected chi connectivity index (χ4v) is 9.01. The zero-order valence-electron chi connectivity index (χ0n) is 36.9. The first kappa shape index (κ1) is 58.5. The molecule has 2 amide bonds. The molecule has 0 aromatic heterocycles. The van der Waals surface area contributed by atoms with Crippen molar-refractivity contribution in [1.82, 2.24) is 10.6 Å². The smallest absolute Gasteiger partial charge is 0.792 e. The van der Waals surface area contributed by atoms with Crippen LogP contribution in [-0.2, 0) is 65.6 Å². The molecule has 0 aliphatic heterocycles. The molecule has 0 aliphatic rings. The Balaban J connectivity index is 0.00000496. The third-order valence-corrected chi connectivity index (χ3v) is 12.3. The summed E-state index contributed by atoms with van der Waals surface area (Å²) in [5.41, 5.74) is 6.18. The van der Waals surface area contributed by atoms with Gasteiger partial charge >= 0.3 is 58.9 Å². The van der Waals surface area contributed by atoms with Crippen molar-refractivity contribution in [3.63, 3.8) is 0 Å². The molecule has 0 saturated heterocycles. The monoisotopic (exact) mass is 1010 g/mol. The molecule has 63 heavy (non-hydrogen) atoms. The maximum absolute atomic E-state index is 13.8. The predicted molar refractivity (Wildman–Crippen MR) is 256 cm³/mol. The molecular formula is C46H55KN7O5PS2Y-2. The molecule has 5 rings (SSSR count). The summed E-state index contributed by atoms with van der Waals surface area (Å²) in [6.07, 6.45) is 1.77. The molecule has 5 N–H and O–H groups in total. The number of amides is 2. The molecule has 0 fully saturated rings. The van der Waals surface area contributed by atoms with Gasteiger partial charge in [-0.3, -0.25) is 18.9 Å². The van der Waals surface area contributed by atoms with E-state index in [1.165, 1.54) is 39.5 Å². The number of hydrogen-bond donors (Lipinski definition) is 3. The van der Waals surface area contributed by atoms with E-state index in [4.69, 9.17) is 17.2 Å². The summed E-state index contributed by atoms with van der Waals surface area (Å²) >= 11 is 6.26. The molecule has 1 radical (unpaired) electrons. The average molecular weight is 1010 g/mol. The fraction of sp³-hybridized carbons (Fsp3) is 0.261. The predicted octanol–water partition coefficient (Wildman–Crippen LogP) is 8.31. The number of carbonyl (C=O) groups is 3. The first-order valence-electron chi connectivity index (χ1n) is 19.4. The van der Waals surface area contributed by atoms with Crippen LogP contribution in [0.15, 0.2) is 131 Å². The normalized spacial score (nSPS) is 12.1.